The number of anilines is 2. The Hall–Kier alpha value is -3.80. The highest BCUT2D eigenvalue weighted by molar-refractivity contribution is 5.97. The standard InChI is InChI=1S/C27H30N4O2/c1-17-24(19-16-18(13-14-20(19)29-17)30-26(32)27(2,3)4)25(22-11-8-9-15-28-22)31-21-10-6-7-12-23(21)33-5/h6-16,25,29,31H,1-5H3,(H,30,32). The van der Waals surface area contributed by atoms with Gasteiger partial charge < -0.3 is 20.4 Å². The van der Waals surface area contributed by atoms with Crippen LogP contribution in [0.1, 0.15) is 43.8 Å². The number of amides is 1. The minimum Gasteiger partial charge on any atom is -0.495 e. The maximum absolute atomic E-state index is 12.6. The zero-order valence-electron chi connectivity index (χ0n) is 19.7. The zero-order chi connectivity index (χ0) is 23.6. The van der Waals surface area contributed by atoms with Crippen molar-refractivity contribution in [3.05, 3.63) is 83.8 Å². The van der Waals surface area contributed by atoms with E-state index in [9.17, 15) is 4.79 Å². The van der Waals surface area contributed by atoms with Crippen LogP contribution in [0.4, 0.5) is 11.4 Å². The Morgan fingerprint density at radius 1 is 1.06 bits per heavy atom. The number of aromatic nitrogens is 2. The minimum atomic E-state index is -0.478. The Kier molecular flexibility index (Phi) is 6.09. The number of ether oxygens (including phenoxy) is 1. The van der Waals surface area contributed by atoms with Gasteiger partial charge in [-0.15, -0.1) is 0 Å². The minimum absolute atomic E-state index is 0.0240. The molecule has 0 saturated carbocycles. The van der Waals surface area contributed by atoms with E-state index in [-0.39, 0.29) is 11.9 Å². The molecule has 0 radical (unpaired) electrons. The molecule has 0 bridgehead atoms. The van der Waals surface area contributed by atoms with Gasteiger partial charge in [0, 0.05) is 39.5 Å². The zero-order valence-corrected chi connectivity index (χ0v) is 19.7. The van der Waals surface area contributed by atoms with Gasteiger partial charge in [0.2, 0.25) is 5.91 Å². The van der Waals surface area contributed by atoms with E-state index >= 15 is 0 Å². The number of hydrogen-bond acceptors (Lipinski definition) is 4. The van der Waals surface area contributed by atoms with Crippen LogP contribution in [0.25, 0.3) is 10.9 Å². The van der Waals surface area contributed by atoms with Crippen LogP contribution in [0, 0.1) is 12.3 Å². The summed E-state index contributed by atoms with van der Waals surface area (Å²) in [7, 11) is 1.66. The first-order chi connectivity index (χ1) is 15.8. The predicted molar refractivity (Wildman–Crippen MR) is 134 cm³/mol. The molecular weight excluding hydrogens is 412 g/mol. The topological polar surface area (TPSA) is 79.0 Å². The quantitative estimate of drug-likeness (QED) is 0.339. The SMILES string of the molecule is COc1ccccc1NC(c1ccccn1)c1c(C)[nH]c2ccc(NC(=O)C(C)(C)C)cc12. The molecule has 0 aliphatic rings. The van der Waals surface area contributed by atoms with Crippen LogP contribution in [0.3, 0.4) is 0 Å². The van der Waals surface area contributed by atoms with E-state index in [0.717, 1.165) is 45.0 Å². The number of rotatable bonds is 6. The van der Waals surface area contributed by atoms with Crippen LogP contribution in [0.2, 0.25) is 0 Å². The monoisotopic (exact) mass is 442 g/mol. The average molecular weight is 443 g/mol. The highest BCUT2D eigenvalue weighted by Gasteiger charge is 2.25. The Morgan fingerprint density at radius 3 is 2.52 bits per heavy atom. The molecule has 1 unspecified atom stereocenters. The molecule has 0 saturated heterocycles. The third-order valence-electron chi connectivity index (χ3n) is 5.65. The number of benzene rings is 2. The highest BCUT2D eigenvalue weighted by Crippen LogP contribution is 2.37. The molecule has 0 aliphatic carbocycles. The van der Waals surface area contributed by atoms with Gasteiger partial charge >= 0.3 is 0 Å². The lowest BCUT2D eigenvalue weighted by molar-refractivity contribution is -0.123. The average Bonchev–Trinajstić information content (AvgIpc) is 3.12. The number of carbonyl (C=O) groups excluding carboxylic acids is 1. The molecule has 6 heteroatoms. The first kappa shape index (κ1) is 22.4. The van der Waals surface area contributed by atoms with Gasteiger partial charge in [-0.2, -0.15) is 0 Å². The molecule has 6 nitrogen and oxygen atoms in total. The fraction of sp³-hybridized carbons (Fsp3) is 0.259. The largest absolute Gasteiger partial charge is 0.495 e. The molecule has 2 aromatic carbocycles. The summed E-state index contributed by atoms with van der Waals surface area (Å²) in [5.74, 6) is 0.734. The fourth-order valence-corrected chi connectivity index (χ4v) is 3.88. The van der Waals surface area contributed by atoms with Crippen molar-refractivity contribution in [1.29, 1.82) is 0 Å². The first-order valence-electron chi connectivity index (χ1n) is 11.0. The first-order valence-corrected chi connectivity index (χ1v) is 11.0. The summed E-state index contributed by atoms with van der Waals surface area (Å²) in [6, 6.07) is 19.5. The number of para-hydroxylation sites is 2. The number of H-pyrrole nitrogens is 1. The van der Waals surface area contributed by atoms with Gasteiger partial charge in [-0.1, -0.05) is 39.0 Å². The van der Waals surface area contributed by atoms with Crippen molar-refractivity contribution in [2.45, 2.75) is 33.7 Å². The van der Waals surface area contributed by atoms with Crippen molar-refractivity contribution in [3.63, 3.8) is 0 Å². The molecule has 0 spiro atoms. The summed E-state index contributed by atoms with van der Waals surface area (Å²) >= 11 is 0. The Morgan fingerprint density at radius 2 is 1.82 bits per heavy atom. The van der Waals surface area contributed by atoms with Crippen molar-refractivity contribution in [3.8, 4) is 5.75 Å². The number of nitrogens with one attached hydrogen (secondary N) is 3. The molecule has 4 rings (SSSR count). The molecule has 170 valence electrons. The van der Waals surface area contributed by atoms with Crippen LogP contribution in [0.5, 0.6) is 5.75 Å². The highest BCUT2D eigenvalue weighted by atomic mass is 16.5. The number of methoxy groups -OCH3 is 1. The number of fused-ring (bicyclic) bond motifs is 1. The summed E-state index contributed by atoms with van der Waals surface area (Å²) in [4.78, 5) is 20.7. The molecule has 0 aliphatic heterocycles. The molecule has 2 heterocycles. The Bertz CT molecular complexity index is 1270. The number of pyridine rings is 1. The summed E-state index contributed by atoms with van der Waals surface area (Å²) in [5.41, 5.74) is 5.15. The van der Waals surface area contributed by atoms with E-state index in [1.165, 1.54) is 0 Å². The second kappa shape index (κ2) is 8.98. The lowest BCUT2D eigenvalue weighted by Crippen LogP contribution is -2.27. The number of aromatic amines is 1. The van der Waals surface area contributed by atoms with E-state index in [1.807, 2.05) is 81.4 Å². The summed E-state index contributed by atoms with van der Waals surface area (Å²) in [5, 5.41) is 7.71. The number of carbonyl (C=O) groups is 1. The molecule has 0 fully saturated rings. The van der Waals surface area contributed by atoms with E-state index < -0.39 is 5.41 Å². The Labute approximate surface area is 194 Å². The molecule has 4 aromatic rings. The van der Waals surface area contributed by atoms with Gasteiger partial charge in [-0.05, 0) is 49.4 Å². The third-order valence-corrected chi connectivity index (χ3v) is 5.65. The number of nitrogens with zero attached hydrogens (tertiary/aromatic N) is 1. The molecule has 33 heavy (non-hydrogen) atoms. The van der Waals surface area contributed by atoms with E-state index in [1.54, 1.807) is 13.3 Å². The predicted octanol–water partition coefficient (Wildman–Crippen LogP) is 6.07. The van der Waals surface area contributed by atoms with Gasteiger partial charge in [0.05, 0.1) is 24.5 Å². The van der Waals surface area contributed by atoms with Crippen molar-refractivity contribution in [2.75, 3.05) is 17.7 Å². The fourth-order valence-electron chi connectivity index (χ4n) is 3.88. The van der Waals surface area contributed by atoms with Gasteiger partial charge in [0.1, 0.15) is 5.75 Å². The van der Waals surface area contributed by atoms with Crippen LogP contribution >= 0.6 is 0 Å². The molecule has 1 atom stereocenters. The summed E-state index contributed by atoms with van der Waals surface area (Å²) in [6.07, 6.45) is 1.80. The molecular formula is C27H30N4O2. The van der Waals surface area contributed by atoms with Gasteiger partial charge in [0.25, 0.3) is 0 Å². The second-order valence-electron chi connectivity index (χ2n) is 9.16. The van der Waals surface area contributed by atoms with Crippen molar-refractivity contribution >= 4 is 28.2 Å². The van der Waals surface area contributed by atoms with Crippen LogP contribution in [0.15, 0.2) is 66.9 Å². The lowest BCUT2D eigenvalue weighted by atomic mass is 9.95. The van der Waals surface area contributed by atoms with Crippen molar-refractivity contribution < 1.29 is 9.53 Å². The molecule has 3 N–H and O–H groups in total. The maximum Gasteiger partial charge on any atom is 0.229 e. The lowest BCUT2D eigenvalue weighted by Gasteiger charge is -2.22. The van der Waals surface area contributed by atoms with Crippen molar-refractivity contribution in [1.82, 2.24) is 9.97 Å². The van der Waals surface area contributed by atoms with Crippen LogP contribution < -0.4 is 15.4 Å². The second-order valence-corrected chi connectivity index (χ2v) is 9.16. The van der Waals surface area contributed by atoms with Crippen LogP contribution in [-0.4, -0.2) is 23.0 Å². The van der Waals surface area contributed by atoms with Crippen LogP contribution in [-0.2, 0) is 4.79 Å². The molecule has 1 amide bonds. The van der Waals surface area contributed by atoms with Gasteiger partial charge in [0.15, 0.2) is 0 Å². The smallest absolute Gasteiger partial charge is 0.229 e. The number of hydrogen-bond donors (Lipinski definition) is 3. The number of aryl methyl sites for hydroxylation is 1. The van der Waals surface area contributed by atoms with Crippen molar-refractivity contribution in [2.24, 2.45) is 5.41 Å². The summed E-state index contributed by atoms with van der Waals surface area (Å²) in [6.45, 7) is 7.77. The third kappa shape index (κ3) is 4.70. The maximum atomic E-state index is 12.6. The van der Waals surface area contributed by atoms with Gasteiger partial charge in [-0.25, -0.2) is 0 Å². The normalized spacial score (nSPS) is 12.4. The van der Waals surface area contributed by atoms with E-state index in [2.05, 4.69) is 27.5 Å². The molecule has 2 aromatic heterocycles. The van der Waals surface area contributed by atoms with Gasteiger partial charge in [-0.3, -0.25) is 9.78 Å². The summed E-state index contributed by atoms with van der Waals surface area (Å²) < 4.78 is 5.57. The van der Waals surface area contributed by atoms with E-state index in [0.29, 0.717) is 0 Å². The Balaban J connectivity index is 1.83. The van der Waals surface area contributed by atoms with E-state index in [4.69, 9.17) is 4.74 Å².